The molecule has 2 heterocycles. The molecule has 1 aliphatic heterocycles. The number of carbonyl (C=O) groups excluding carboxylic acids is 1. The lowest BCUT2D eigenvalue weighted by atomic mass is 9.93. The van der Waals surface area contributed by atoms with Crippen LogP contribution in [0.25, 0.3) is 0 Å². The molecule has 0 radical (unpaired) electrons. The van der Waals surface area contributed by atoms with Crippen LogP contribution in [-0.2, 0) is 18.3 Å². The summed E-state index contributed by atoms with van der Waals surface area (Å²) in [6.45, 7) is 3.81. The first-order valence-corrected chi connectivity index (χ1v) is 8.12. The summed E-state index contributed by atoms with van der Waals surface area (Å²) in [6, 6.07) is -0.322. The Balaban J connectivity index is 1.88. The van der Waals surface area contributed by atoms with Gasteiger partial charge >= 0.3 is 0 Å². The van der Waals surface area contributed by atoms with Gasteiger partial charge in [0.1, 0.15) is 5.82 Å². The second-order valence-electron chi connectivity index (χ2n) is 6.20. The summed E-state index contributed by atoms with van der Waals surface area (Å²) < 4.78 is 2.06. The van der Waals surface area contributed by atoms with Crippen LogP contribution in [0, 0.1) is 5.92 Å². The summed E-state index contributed by atoms with van der Waals surface area (Å²) >= 11 is 0. The summed E-state index contributed by atoms with van der Waals surface area (Å²) in [7, 11) is 2.02. The molecule has 1 aromatic heterocycles. The average molecular weight is 292 g/mol. The van der Waals surface area contributed by atoms with Gasteiger partial charge in [0.25, 0.3) is 0 Å². The first-order valence-electron chi connectivity index (χ1n) is 8.12. The fraction of sp³-hybridized carbons (Fsp3) is 0.750. The van der Waals surface area contributed by atoms with Crippen molar-refractivity contribution in [1.29, 1.82) is 0 Å². The van der Waals surface area contributed by atoms with Crippen molar-refractivity contribution in [2.75, 3.05) is 13.1 Å². The predicted molar refractivity (Wildman–Crippen MR) is 83.7 cm³/mol. The number of aryl methyl sites for hydroxylation is 1. The Morgan fingerprint density at radius 2 is 2.38 bits per heavy atom. The van der Waals surface area contributed by atoms with E-state index in [0.717, 1.165) is 51.0 Å². The molecule has 1 aliphatic rings. The molecule has 0 aromatic carbocycles. The third-order valence-electron chi connectivity index (χ3n) is 4.41. The maximum atomic E-state index is 12.4. The van der Waals surface area contributed by atoms with Crippen molar-refractivity contribution < 1.29 is 4.79 Å². The third kappa shape index (κ3) is 4.30. The predicted octanol–water partition coefficient (Wildman–Crippen LogP) is 1.72. The molecule has 2 N–H and O–H groups in total. The quantitative estimate of drug-likeness (QED) is 0.868. The monoisotopic (exact) mass is 292 g/mol. The van der Waals surface area contributed by atoms with E-state index in [1.807, 2.05) is 24.3 Å². The van der Waals surface area contributed by atoms with E-state index >= 15 is 0 Å². The minimum atomic E-state index is -0.322. The maximum absolute atomic E-state index is 12.4. The number of nitrogens with zero attached hydrogens (tertiary/aromatic N) is 3. The lowest BCUT2D eigenvalue weighted by Gasteiger charge is -2.34. The maximum Gasteiger partial charge on any atom is 0.239 e. The van der Waals surface area contributed by atoms with E-state index in [9.17, 15) is 4.79 Å². The molecule has 2 rings (SSSR count). The first kappa shape index (κ1) is 16.0. The fourth-order valence-electron chi connectivity index (χ4n) is 3.07. The molecule has 1 amide bonds. The number of unbranched alkanes of at least 4 members (excludes halogenated alkanes) is 1. The zero-order valence-corrected chi connectivity index (χ0v) is 13.3. The van der Waals surface area contributed by atoms with Gasteiger partial charge in [-0.05, 0) is 25.2 Å². The van der Waals surface area contributed by atoms with Gasteiger partial charge in [0, 0.05) is 39.0 Å². The number of rotatable bonds is 6. The Morgan fingerprint density at radius 3 is 3.05 bits per heavy atom. The Bertz CT molecular complexity index is 457. The minimum Gasteiger partial charge on any atom is -0.341 e. The molecule has 0 bridgehead atoms. The number of imidazole rings is 1. The number of hydrogen-bond donors (Lipinski definition) is 1. The van der Waals surface area contributed by atoms with Gasteiger partial charge in [-0.2, -0.15) is 0 Å². The second-order valence-corrected chi connectivity index (χ2v) is 6.20. The summed E-state index contributed by atoms with van der Waals surface area (Å²) in [5.74, 6) is 1.74. The molecule has 5 nitrogen and oxygen atoms in total. The van der Waals surface area contributed by atoms with Crippen LogP contribution in [0.1, 0.15) is 44.9 Å². The summed E-state index contributed by atoms with van der Waals surface area (Å²) in [4.78, 5) is 18.8. The summed E-state index contributed by atoms with van der Waals surface area (Å²) in [5.41, 5.74) is 6.03. The van der Waals surface area contributed by atoms with Gasteiger partial charge in [-0.3, -0.25) is 4.79 Å². The molecular formula is C16H28N4O. The van der Waals surface area contributed by atoms with Gasteiger partial charge in [-0.1, -0.05) is 19.8 Å². The Labute approximate surface area is 127 Å². The van der Waals surface area contributed by atoms with Gasteiger partial charge in [0.15, 0.2) is 0 Å². The SMILES string of the molecule is CCCC[C@H](N)C(=O)N1CCC[C@H](Cc2nccn2C)C1. The van der Waals surface area contributed by atoms with Crippen molar-refractivity contribution in [1.82, 2.24) is 14.5 Å². The fourth-order valence-corrected chi connectivity index (χ4v) is 3.07. The van der Waals surface area contributed by atoms with Crippen molar-refractivity contribution in [3.63, 3.8) is 0 Å². The third-order valence-corrected chi connectivity index (χ3v) is 4.41. The Hall–Kier alpha value is -1.36. The molecule has 1 fully saturated rings. The largest absolute Gasteiger partial charge is 0.341 e. The highest BCUT2D eigenvalue weighted by molar-refractivity contribution is 5.81. The van der Waals surface area contributed by atoms with Crippen LogP contribution in [0.3, 0.4) is 0 Å². The van der Waals surface area contributed by atoms with Crippen molar-refractivity contribution in [3.05, 3.63) is 18.2 Å². The molecule has 118 valence electrons. The summed E-state index contributed by atoms with van der Waals surface area (Å²) in [6.07, 6.45) is 9.90. The lowest BCUT2D eigenvalue weighted by molar-refractivity contribution is -0.134. The van der Waals surface area contributed by atoms with E-state index in [4.69, 9.17) is 5.73 Å². The number of likely N-dealkylation sites (tertiary alicyclic amines) is 1. The molecule has 1 aromatic rings. The van der Waals surface area contributed by atoms with Crippen molar-refractivity contribution in [2.45, 2.75) is 51.5 Å². The standard InChI is InChI=1S/C16H28N4O/c1-3-4-7-14(17)16(21)20-9-5-6-13(12-20)11-15-18-8-10-19(15)2/h8,10,13-14H,3-7,9,11-12,17H2,1-2H3/t13-,14+/m1/s1. The number of piperidine rings is 1. The first-order chi connectivity index (χ1) is 10.1. The zero-order valence-electron chi connectivity index (χ0n) is 13.3. The number of amides is 1. The highest BCUT2D eigenvalue weighted by atomic mass is 16.2. The second kappa shape index (κ2) is 7.59. The normalized spacial score (nSPS) is 20.5. The van der Waals surface area contributed by atoms with E-state index in [1.54, 1.807) is 0 Å². The molecule has 0 spiro atoms. The van der Waals surface area contributed by atoms with Gasteiger partial charge in [-0.15, -0.1) is 0 Å². The average Bonchev–Trinajstić information content (AvgIpc) is 2.89. The number of carbonyl (C=O) groups is 1. The molecule has 1 saturated heterocycles. The molecule has 0 aliphatic carbocycles. The van der Waals surface area contributed by atoms with E-state index in [1.165, 1.54) is 6.42 Å². The van der Waals surface area contributed by atoms with Crippen LogP contribution in [-0.4, -0.2) is 39.5 Å². The molecule has 21 heavy (non-hydrogen) atoms. The van der Waals surface area contributed by atoms with Crippen LogP contribution in [0.2, 0.25) is 0 Å². The van der Waals surface area contributed by atoms with Gasteiger partial charge < -0.3 is 15.2 Å². The van der Waals surface area contributed by atoms with Crippen molar-refractivity contribution in [2.24, 2.45) is 18.7 Å². The topological polar surface area (TPSA) is 64.2 Å². The number of hydrogen-bond acceptors (Lipinski definition) is 3. The van der Waals surface area contributed by atoms with E-state index in [-0.39, 0.29) is 11.9 Å². The number of aromatic nitrogens is 2. The van der Waals surface area contributed by atoms with Crippen LogP contribution < -0.4 is 5.73 Å². The highest BCUT2D eigenvalue weighted by Gasteiger charge is 2.27. The Morgan fingerprint density at radius 1 is 1.57 bits per heavy atom. The molecular weight excluding hydrogens is 264 g/mol. The van der Waals surface area contributed by atoms with Crippen LogP contribution in [0.4, 0.5) is 0 Å². The van der Waals surface area contributed by atoms with Crippen LogP contribution in [0.15, 0.2) is 12.4 Å². The van der Waals surface area contributed by atoms with Gasteiger partial charge in [0.2, 0.25) is 5.91 Å². The number of nitrogens with two attached hydrogens (primary N) is 1. The molecule has 0 unspecified atom stereocenters. The summed E-state index contributed by atoms with van der Waals surface area (Å²) in [5, 5.41) is 0. The van der Waals surface area contributed by atoms with Gasteiger partial charge in [0.05, 0.1) is 6.04 Å². The van der Waals surface area contributed by atoms with Crippen LogP contribution >= 0.6 is 0 Å². The van der Waals surface area contributed by atoms with Gasteiger partial charge in [-0.25, -0.2) is 4.98 Å². The smallest absolute Gasteiger partial charge is 0.239 e. The minimum absolute atomic E-state index is 0.132. The van der Waals surface area contributed by atoms with E-state index in [2.05, 4.69) is 16.5 Å². The van der Waals surface area contributed by atoms with E-state index < -0.39 is 0 Å². The van der Waals surface area contributed by atoms with Crippen LogP contribution in [0.5, 0.6) is 0 Å². The zero-order chi connectivity index (χ0) is 15.2. The van der Waals surface area contributed by atoms with Crippen molar-refractivity contribution in [3.8, 4) is 0 Å². The van der Waals surface area contributed by atoms with E-state index in [0.29, 0.717) is 5.92 Å². The van der Waals surface area contributed by atoms with Crippen molar-refractivity contribution >= 4 is 5.91 Å². The lowest BCUT2D eigenvalue weighted by Crippen LogP contribution is -2.48. The molecule has 2 atom stereocenters. The molecule has 5 heteroatoms. The molecule has 0 saturated carbocycles. The highest BCUT2D eigenvalue weighted by Crippen LogP contribution is 2.21. The Kier molecular flexibility index (Phi) is 5.79.